The molecule has 1 saturated heterocycles. The Hall–Kier alpha value is -4.80. The number of carbonyl (C=O) groups is 4. The molecule has 224 valence electrons. The molecule has 0 radical (unpaired) electrons. The van der Waals surface area contributed by atoms with E-state index in [4.69, 9.17) is 23.7 Å². The molecular weight excluding hydrogens is 632 g/mol. The van der Waals surface area contributed by atoms with Crippen molar-refractivity contribution in [3.8, 4) is 0 Å². The minimum absolute atomic E-state index is 0.221. The number of carbonyl (C=O) groups excluding carboxylic acids is 4. The first kappa shape index (κ1) is 30.7. The van der Waals surface area contributed by atoms with E-state index in [0.29, 0.717) is 5.56 Å². The Bertz CT molecular complexity index is 1570. The van der Waals surface area contributed by atoms with E-state index < -0.39 is 53.3 Å². The zero-order valence-electron chi connectivity index (χ0n) is 23.2. The van der Waals surface area contributed by atoms with Crippen LogP contribution in [-0.4, -0.2) is 59.9 Å². The summed E-state index contributed by atoms with van der Waals surface area (Å²) in [5.41, 5.74) is 0.994. The number of halogens is 1. The highest BCUT2D eigenvalue weighted by molar-refractivity contribution is 9.09. The highest BCUT2D eigenvalue weighted by Crippen LogP contribution is 2.33. The van der Waals surface area contributed by atoms with Crippen molar-refractivity contribution >= 4 is 39.8 Å². The van der Waals surface area contributed by atoms with Gasteiger partial charge in [-0.1, -0.05) is 88.7 Å². The van der Waals surface area contributed by atoms with Gasteiger partial charge in [-0.15, -0.1) is 0 Å². The van der Waals surface area contributed by atoms with Crippen LogP contribution >= 0.6 is 15.9 Å². The Morgan fingerprint density at radius 3 is 1.25 bits per heavy atom. The lowest BCUT2D eigenvalue weighted by atomic mass is 9.99. The number of benzene rings is 4. The molecule has 0 aromatic heterocycles. The molecule has 1 aliphatic heterocycles. The second-order valence-corrected chi connectivity index (χ2v) is 10.6. The molecule has 1 fully saturated rings. The van der Waals surface area contributed by atoms with Crippen LogP contribution in [0.5, 0.6) is 0 Å². The van der Waals surface area contributed by atoms with Crippen molar-refractivity contribution in [3.63, 3.8) is 0 Å². The molecule has 44 heavy (non-hydrogen) atoms. The maximum atomic E-state index is 13.3. The van der Waals surface area contributed by atoms with Gasteiger partial charge in [-0.3, -0.25) is 0 Å². The number of ether oxygens (including phenoxy) is 5. The lowest BCUT2D eigenvalue weighted by Gasteiger charge is -2.43. The summed E-state index contributed by atoms with van der Waals surface area (Å²) in [5.74, 6) is -2.85. The summed E-state index contributed by atoms with van der Waals surface area (Å²) in [6.45, 7) is -0.374. The number of rotatable bonds is 9. The average molecular weight is 659 g/mol. The average Bonchev–Trinajstić information content (AvgIpc) is 3.07. The standard InChI is InChI=1S/C34H27BrO9/c35-30-29(44-34(39)25-19-11-4-12-20-25)28(43-33(38)24-17-9-3-10-18-24)27(42-32(37)23-15-7-2-8-16-23)26(41-30)21-40-31(36)22-13-5-1-6-14-22/h1-20,26-30H,21H2/t26?,27-,28-,29?,30-/m0/s1. The lowest BCUT2D eigenvalue weighted by molar-refractivity contribution is -0.205. The molecule has 1 heterocycles. The van der Waals surface area contributed by atoms with Gasteiger partial charge in [-0.25, -0.2) is 19.2 Å². The monoisotopic (exact) mass is 658 g/mol. The molecule has 1 aliphatic rings. The van der Waals surface area contributed by atoms with Crippen LogP contribution in [0, 0.1) is 0 Å². The fourth-order valence-corrected chi connectivity index (χ4v) is 5.20. The van der Waals surface area contributed by atoms with Gasteiger partial charge in [0.1, 0.15) is 12.7 Å². The van der Waals surface area contributed by atoms with E-state index >= 15 is 0 Å². The maximum Gasteiger partial charge on any atom is 0.338 e. The van der Waals surface area contributed by atoms with Crippen LogP contribution in [0.15, 0.2) is 121 Å². The number of alkyl halides is 1. The summed E-state index contributed by atoms with van der Waals surface area (Å²) in [6.07, 6.45) is -5.13. The zero-order chi connectivity index (χ0) is 30.9. The van der Waals surface area contributed by atoms with E-state index in [1.807, 2.05) is 0 Å². The predicted octanol–water partition coefficient (Wildman–Crippen LogP) is 5.64. The third-order valence-electron chi connectivity index (χ3n) is 6.72. The first-order valence-corrected chi connectivity index (χ1v) is 14.6. The SMILES string of the molecule is O=C(OCC1O[C@H](Br)C(OC(=O)c2ccccc2)[C@@H](OC(=O)c2ccccc2)[C@H]1OC(=O)c1ccccc1)c1ccccc1. The van der Waals surface area contributed by atoms with Crippen LogP contribution in [0.25, 0.3) is 0 Å². The highest BCUT2D eigenvalue weighted by atomic mass is 79.9. The van der Waals surface area contributed by atoms with Crippen molar-refractivity contribution in [1.29, 1.82) is 0 Å². The van der Waals surface area contributed by atoms with Gasteiger partial charge in [0.2, 0.25) is 0 Å². The van der Waals surface area contributed by atoms with Crippen LogP contribution in [-0.2, 0) is 23.7 Å². The molecule has 0 amide bonds. The maximum absolute atomic E-state index is 13.3. The van der Waals surface area contributed by atoms with Crippen molar-refractivity contribution in [2.75, 3.05) is 6.61 Å². The van der Waals surface area contributed by atoms with E-state index in [0.717, 1.165) is 0 Å². The smallest absolute Gasteiger partial charge is 0.338 e. The van der Waals surface area contributed by atoms with Crippen LogP contribution in [0.2, 0.25) is 0 Å². The van der Waals surface area contributed by atoms with Crippen LogP contribution < -0.4 is 0 Å². The minimum Gasteiger partial charge on any atom is -0.459 e. The zero-order valence-corrected chi connectivity index (χ0v) is 24.8. The van der Waals surface area contributed by atoms with E-state index in [9.17, 15) is 19.2 Å². The quantitative estimate of drug-likeness (QED) is 0.128. The molecule has 5 rings (SSSR count). The van der Waals surface area contributed by atoms with Crippen LogP contribution in [0.3, 0.4) is 0 Å². The number of esters is 4. The first-order valence-electron chi connectivity index (χ1n) is 13.7. The second-order valence-electron chi connectivity index (χ2n) is 9.70. The molecule has 10 heteroatoms. The third kappa shape index (κ3) is 7.58. The van der Waals surface area contributed by atoms with Gasteiger partial charge in [-0.05, 0) is 48.5 Å². The van der Waals surface area contributed by atoms with Crippen molar-refractivity contribution in [1.82, 2.24) is 0 Å². The van der Waals surface area contributed by atoms with Gasteiger partial charge < -0.3 is 23.7 Å². The van der Waals surface area contributed by atoms with Crippen molar-refractivity contribution in [2.45, 2.75) is 29.4 Å². The summed E-state index contributed by atoms with van der Waals surface area (Å²) in [6, 6.07) is 32.9. The lowest BCUT2D eigenvalue weighted by Crippen LogP contribution is -2.61. The van der Waals surface area contributed by atoms with E-state index in [-0.39, 0.29) is 23.3 Å². The van der Waals surface area contributed by atoms with Crippen molar-refractivity contribution < 1.29 is 42.9 Å². The van der Waals surface area contributed by atoms with Gasteiger partial charge in [0.25, 0.3) is 0 Å². The molecule has 4 aromatic carbocycles. The summed E-state index contributed by atoms with van der Waals surface area (Å²) in [5, 5.41) is -1.05. The summed E-state index contributed by atoms with van der Waals surface area (Å²) in [7, 11) is 0. The number of hydrogen-bond acceptors (Lipinski definition) is 9. The summed E-state index contributed by atoms with van der Waals surface area (Å²) < 4.78 is 29.3. The van der Waals surface area contributed by atoms with Gasteiger partial charge in [-0.2, -0.15) is 0 Å². The Balaban J connectivity index is 1.48. The van der Waals surface area contributed by atoms with Gasteiger partial charge in [0.05, 0.1) is 22.3 Å². The Labute approximate surface area is 261 Å². The Morgan fingerprint density at radius 2 is 0.841 bits per heavy atom. The van der Waals surface area contributed by atoms with Crippen LogP contribution in [0.4, 0.5) is 0 Å². The van der Waals surface area contributed by atoms with E-state index in [2.05, 4.69) is 15.9 Å². The molecule has 0 bridgehead atoms. The summed E-state index contributed by atoms with van der Waals surface area (Å²) >= 11 is 3.40. The Kier molecular flexibility index (Phi) is 10.2. The van der Waals surface area contributed by atoms with Crippen LogP contribution in [0.1, 0.15) is 41.4 Å². The Morgan fingerprint density at radius 1 is 0.500 bits per heavy atom. The molecule has 5 atom stereocenters. The third-order valence-corrected chi connectivity index (χ3v) is 7.46. The van der Waals surface area contributed by atoms with Gasteiger partial charge in [0, 0.05) is 0 Å². The fraction of sp³-hybridized carbons (Fsp3) is 0.176. The molecular formula is C34H27BrO9. The normalized spacial score (nSPS) is 21.0. The largest absolute Gasteiger partial charge is 0.459 e. The fourth-order valence-electron chi connectivity index (χ4n) is 4.51. The molecule has 2 unspecified atom stereocenters. The molecule has 4 aromatic rings. The highest BCUT2D eigenvalue weighted by Gasteiger charge is 2.52. The van der Waals surface area contributed by atoms with Crippen molar-refractivity contribution in [3.05, 3.63) is 144 Å². The van der Waals surface area contributed by atoms with E-state index in [1.54, 1.807) is 121 Å². The van der Waals surface area contributed by atoms with Gasteiger partial charge >= 0.3 is 23.9 Å². The number of hydrogen-bond donors (Lipinski definition) is 0. The predicted molar refractivity (Wildman–Crippen MR) is 161 cm³/mol. The van der Waals surface area contributed by atoms with E-state index in [1.165, 1.54) is 0 Å². The van der Waals surface area contributed by atoms with Gasteiger partial charge in [0.15, 0.2) is 23.3 Å². The molecule has 0 spiro atoms. The molecule has 0 saturated carbocycles. The minimum atomic E-state index is -1.37. The molecule has 0 aliphatic carbocycles. The topological polar surface area (TPSA) is 114 Å². The first-order chi connectivity index (χ1) is 21.4. The second kappa shape index (κ2) is 14.6. The molecule has 0 N–H and O–H groups in total. The molecule has 9 nitrogen and oxygen atoms in total. The van der Waals surface area contributed by atoms with Crippen molar-refractivity contribution in [2.24, 2.45) is 0 Å². The summed E-state index contributed by atoms with van der Waals surface area (Å²) in [4.78, 5) is 52.6.